The minimum atomic E-state index is -3.73. The highest BCUT2D eigenvalue weighted by molar-refractivity contribution is 7.92. The van der Waals surface area contributed by atoms with Crippen LogP contribution >= 0.6 is 0 Å². The van der Waals surface area contributed by atoms with Crippen molar-refractivity contribution in [3.05, 3.63) is 66.4 Å². The smallest absolute Gasteiger partial charge is 0.261 e. The molecule has 0 atom stereocenters. The summed E-state index contributed by atoms with van der Waals surface area (Å²) in [5.74, 6) is 0.676. The van der Waals surface area contributed by atoms with Gasteiger partial charge in [0.2, 0.25) is 0 Å². The van der Waals surface area contributed by atoms with Crippen molar-refractivity contribution in [2.75, 3.05) is 4.72 Å². The van der Waals surface area contributed by atoms with Crippen LogP contribution < -0.4 is 4.72 Å². The fourth-order valence-corrected chi connectivity index (χ4v) is 3.28. The van der Waals surface area contributed by atoms with Crippen molar-refractivity contribution in [1.29, 1.82) is 0 Å². The summed E-state index contributed by atoms with van der Waals surface area (Å²) in [4.78, 5) is 0.0816. The molecule has 0 saturated heterocycles. The van der Waals surface area contributed by atoms with Crippen LogP contribution in [0.1, 0.15) is 5.56 Å². The molecule has 0 aliphatic rings. The van der Waals surface area contributed by atoms with Crippen LogP contribution in [-0.2, 0) is 10.0 Å². The molecule has 2 N–H and O–H groups in total. The summed E-state index contributed by atoms with van der Waals surface area (Å²) in [7, 11) is -3.73. The largest absolute Gasteiger partial charge is 0.508 e. The number of hydrogen-bond acceptors (Lipinski definition) is 4. The average Bonchev–Trinajstić information content (AvgIpc) is 3.04. The van der Waals surface area contributed by atoms with E-state index in [0.717, 1.165) is 11.1 Å². The van der Waals surface area contributed by atoms with Crippen LogP contribution in [0.2, 0.25) is 0 Å². The topological polar surface area (TPSA) is 79.5 Å². The number of furan rings is 1. The van der Waals surface area contributed by atoms with Crippen molar-refractivity contribution < 1.29 is 17.9 Å². The first-order valence-corrected chi connectivity index (χ1v) is 8.40. The summed E-state index contributed by atoms with van der Waals surface area (Å²) in [5.41, 5.74) is 2.05. The number of aryl methyl sites for hydroxylation is 1. The Morgan fingerprint density at radius 1 is 1.04 bits per heavy atom. The van der Waals surface area contributed by atoms with Gasteiger partial charge in [-0.1, -0.05) is 12.1 Å². The highest BCUT2D eigenvalue weighted by atomic mass is 32.2. The molecule has 0 unspecified atom stereocenters. The third-order valence-corrected chi connectivity index (χ3v) is 4.82. The van der Waals surface area contributed by atoms with Crippen molar-refractivity contribution in [1.82, 2.24) is 0 Å². The number of rotatable bonds is 4. The molecule has 0 spiro atoms. The lowest BCUT2D eigenvalue weighted by Gasteiger charge is -2.12. The summed E-state index contributed by atoms with van der Waals surface area (Å²) in [6, 6.07) is 14.4. The molecule has 6 heteroatoms. The number of sulfonamides is 1. The molecular formula is C17H15NO4S. The van der Waals surface area contributed by atoms with Gasteiger partial charge in [-0.2, -0.15) is 0 Å². The first-order valence-electron chi connectivity index (χ1n) is 6.92. The molecule has 5 nitrogen and oxygen atoms in total. The van der Waals surface area contributed by atoms with Crippen LogP contribution in [-0.4, -0.2) is 13.5 Å². The van der Waals surface area contributed by atoms with Crippen LogP contribution in [0.25, 0.3) is 11.3 Å². The highest BCUT2D eigenvalue weighted by Crippen LogP contribution is 2.27. The molecule has 0 bridgehead atoms. The van der Waals surface area contributed by atoms with E-state index in [1.54, 1.807) is 18.4 Å². The van der Waals surface area contributed by atoms with Gasteiger partial charge in [-0.25, -0.2) is 8.42 Å². The van der Waals surface area contributed by atoms with Gasteiger partial charge < -0.3 is 9.52 Å². The number of benzene rings is 2. The Labute approximate surface area is 134 Å². The van der Waals surface area contributed by atoms with Crippen molar-refractivity contribution >= 4 is 15.7 Å². The molecule has 118 valence electrons. The van der Waals surface area contributed by atoms with E-state index >= 15 is 0 Å². The Morgan fingerprint density at radius 2 is 1.78 bits per heavy atom. The Bertz CT molecular complexity index is 914. The second-order valence-electron chi connectivity index (χ2n) is 5.11. The number of phenols is 1. The lowest BCUT2D eigenvalue weighted by atomic mass is 10.1. The molecule has 0 fully saturated rings. The van der Waals surface area contributed by atoms with E-state index in [-0.39, 0.29) is 10.6 Å². The van der Waals surface area contributed by atoms with Crippen LogP contribution in [0.5, 0.6) is 5.75 Å². The van der Waals surface area contributed by atoms with Gasteiger partial charge >= 0.3 is 0 Å². The van der Waals surface area contributed by atoms with Gasteiger partial charge in [0, 0.05) is 5.56 Å². The fourth-order valence-electron chi connectivity index (χ4n) is 2.16. The van der Waals surface area contributed by atoms with Crippen LogP contribution in [0, 0.1) is 6.92 Å². The van der Waals surface area contributed by atoms with E-state index in [9.17, 15) is 13.5 Å². The maximum absolute atomic E-state index is 12.4. The van der Waals surface area contributed by atoms with Crippen molar-refractivity contribution in [3.63, 3.8) is 0 Å². The van der Waals surface area contributed by atoms with E-state index in [1.165, 1.54) is 24.3 Å². The maximum Gasteiger partial charge on any atom is 0.261 e. The first kappa shape index (κ1) is 15.2. The summed E-state index contributed by atoms with van der Waals surface area (Å²) in [6.07, 6.45) is 1.56. The van der Waals surface area contributed by atoms with Crippen LogP contribution in [0.3, 0.4) is 0 Å². The van der Waals surface area contributed by atoms with Gasteiger partial charge in [0.15, 0.2) is 0 Å². The van der Waals surface area contributed by atoms with Crippen molar-refractivity contribution in [2.45, 2.75) is 11.8 Å². The molecule has 3 aromatic rings. The second kappa shape index (κ2) is 5.81. The predicted molar refractivity (Wildman–Crippen MR) is 87.8 cm³/mol. The van der Waals surface area contributed by atoms with E-state index < -0.39 is 10.0 Å². The number of aromatic hydroxyl groups is 1. The first-order chi connectivity index (χ1) is 11.0. The lowest BCUT2D eigenvalue weighted by molar-refractivity contribution is 0.475. The molecule has 3 rings (SSSR count). The van der Waals surface area contributed by atoms with Crippen molar-refractivity contribution in [3.8, 4) is 17.1 Å². The molecule has 1 aromatic heterocycles. The quantitative estimate of drug-likeness (QED) is 0.764. The minimum Gasteiger partial charge on any atom is -0.508 e. The summed E-state index contributed by atoms with van der Waals surface area (Å²) < 4.78 is 32.8. The molecule has 0 aliphatic carbocycles. The van der Waals surface area contributed by atoms with Crippen LogP contribution in [0.4, 0.5) is 5.69 Å². The molecular weight excluding hydrogens is 314 g/mol. The molecule has 0 aliphatic heterocycles. The molecule has 0 radical (unpaired) electrons. The summed E-state index contributed by atoms with van der Waals surface area (Å²) >= 11 is 0. The SMILES string of the molecule is Cc1ccc(-c2ccco2)cc1NS(=O)(=O)c1ccc(O)cc1. The van der Waals surface area contributed by atoms with Gasteiger partial charge in [0.25, 0.3) is 10.0 Å². The van der Waals surface area contributed by atoms with E-state index in [1.807, 2.05) is 25.1 Å². The Morgan fingerprint density at radius 3 is 2.43 bits per heavy atom. The monoisotopic (exact) mass is 329 g/mol. The van der Waals surface area contributed by atoms with Gasteiger partial charge in [-0.05, 0) is 55.0 Å². The number of phenolic OH excluding ortho intramolecular Hbond substituents is 1. The molecule has 2 aromatic carbocycles. The predicted octanol–water partition coefficient (Wildman–Crippen LogP) is 3.76. The summed E-state index contributed by atoms with van der Waals surface area (Å²) in [5, 5.41) is 9.27. The fraction of sp³-hybridized carbons (Fsp3) is 0.0588. The van der Waals surface area contributed by atoms with Gasteiger partial charge in [-0.15, -0.1) is 0 Å². The average molecular weight is 329 g/mol. The second-order valence-corrected chi connectivity index (χ2v) is 6.79. The Hall–Kier alpha value is -2.73. The minimum absolute atomic E-state index is 0.0138. The third kappa shape index (κ3) is 3.22. The van der Waals surface area contributed by atoms with Crippen molar-refractivity contribution in [2.24, 2.45) is 0 Å². The molecule has 0 saturated carbocycles. The normalized spacial score (nSPS) is 11.3. The Balaban J connectivity index is 1.96. The summed E-state index contributed by atoms with van der Waals surface area (Å²) in [6.45, 7) is 1.82. The highest BCUT2D eigenvalue weighted by Gasteiger charge is 2.16. The van der Waals surface area contributed by atoms with Gasteiger partial charge in [-0.3, -0.25) is 4.72 Å². The molecule has 1 heterocycles. The molecule has 23 heavy (non-hydrogen) atoms. The zero-order valence-electron chi connectivity index (χ0n) is 12.4. The van der Waals surface area contributed by atoms with E-state index in [4.69, 9.17) is 4.42 Å². The lowest BCUT2D eigenvalue weighted by Crippen LogP contribution is -2.13. The number of anilines is 1. The van der Waals surface area contributed by atoms with Gasteiger partial charge in [0.05, 0.1) is 16.8 Å². The van der Waals surface area contributed by atoms with E-state index in [2.05, 4.69) is 4.72 Å². The third-order valence-electron chi connectivity index (χ3n) is 3.43. The maximum atomic E-state index is 12.4. The Kier molecular flexibility index (Phi) is 3.83. The number of hydrogen-bond donors (Lipinski definition) is 2. The number of nitrogens with one attached hydrogen (secondary N) is 1. The zero-order valence-corrected chi connectivity index (χ0v) is 13.2. The van der Waals surface area contributed by atoms with E-state index in [0.29, 0.717) is 11.4 Å². The molecule has 0 amide bonds. The van der Waals surface area contributed by atoms with Crippen LogP contribution in [0.15, 0.2) is 70.2 Å². The van der Waals surface area contributed by atoms with Gasteiger partial charge in [0.1, 0.15) is 11.5 Å². The zero-order chi connectivity index (χ0) is 16.4. The standard InChI is InChI=1S/C17H15NO4S/c1-12-4-5-13(17-3-2-10-22-17)11-16(12)18-23(20,21)15-8-6-14(19)7-9-15/h2-11,18-19H,1H3.